The molecule has 0 N–H and O–H groups in total. The Morgan fingerprint density at radius 3 is 2.60 bits per heavy atom. The molecule has 4 aromatic rings. The van der Waals surface area contributed by atoms with Gasteiger partial charge in [-0.25, -0.2) is 9.37 Å². The highest BCUT2D eigenvalue weighted by atomic mass is 32.1. The average Bonchev–Trinajstić information content (AvgIpc) is 3.18. The van der Waals surface area contributed by atoms with Gasteiger partial charge in [-0.15, -0.1) is 21.5 Å². The third kappa shape index (κ3) is 2.53. The monoisotopic (exact) mass is 352 g/mol. The predicted octanol–water partition coefficient (Wildman–Crippen LogP) is 5.26. The molecule has 0 amide bonds. The number of halogens is 1. The number of aryl methyl sites for hydroxylation is 2. The minimum atomic E-state index is -0.345. The van der Waals surface area contributed by atoms with Gasteiger partial charge >= 0.3 is 0 Å². The normalized spacial score (nSPS) is 11.4. The third-order valence-corrected chi connectivity index (χ3v) is 5.54. The summed E-state index contributed by atoms with van der Waals surface area (Å²) in [4.78, 5) is 6.36. The van der Waals surface area contributed by atoms with E-state index in [1.807, 2.05) is 6.92 Å². The minimum Gasteiger partial charge on any atom is -0.415 e. The van der Waals surface area contributed by atoms with Gasteiger partial charge in [-0.2, -0.15) is 0 Å². The number of pyridine rings is 1. The van der Waals surface area contributed by atoms with Crippen LogP contribution in [0.5, 0.6) is 0 Å². The van der Waals surface area contributed by atoms with Gasteiger partial charge in [0.2, 0.25) is 5.89 Å². The van der Waals surface area contributed by atoms with Crippen LogP contribution in [0, 0.1) is 33.5 Å². The average molecular weight is 352 g/mol. The zero-order valence-electron chi connectivity index (χ0n) is 14.1. The lowest BCUT2D eigenvalue weighted by molar-refractivity contribution is 0.583. The second-order valence-electron chi connectivity index (χ2n) is 5.96. The van der Waals surface area contributed by atoms with Crippen molar-refractivity contribution in [2.75, 3.05) is 0 Å². The smallest absolute Gasteiger partial charge is 0.258 e. The summed E-state index contributed by atoms with van der Waals surface area (Å²) in [5, 5.41) is 9.21. The first-order valence-corrected chi connectivity index (χ1v) is 8.59. The van der Waals surface area contributed by atoms with Crippen LogP contribution in [0.4, 0.5) is 4.39 Å². The predicted molar refractivity (Wildman–Crippen MR) is 97.0 cm³/mol. The van der Waals surface area contributed by atoms with Crippen LogP contribution in [0.1, 0.15) is 22.4 Å². The molecular formula is C19H15FN3OS. The largest absolute Gasteiger partial charge is 0.415 e. The van der Waals surface area contributed by atoms with Crippen molar-refractivity contribution in [2.45, 2.75) is 20.8 Å². The first kappa shape index (κ1) is 15.9. The van der Waals surface area contributed by atoms with Crippen LogP contribution in [0.15, 0.2) is 28.7 Å². The van der Waals surface area contributed by atoms with Crippen molar-refractivity contribution in [2.24, 2.45) is 0 Å². The molecule has 0 aliphatic carbocycles. The van der Waals surface area contributed by atoms with Crippen LogP contribution < -0.4 is 0 Å². The fraction of sp³-hybridized carbons (Fsp3) is 0.158. The van der Waals surface area contributed by atoms with Gasteiger partial charge in [0.05, 0.1) is 4.88 Å². The number of fused-ring (bicyclic) bond motifs is 1. The van der Waals surface area contributed by atoms with Gasteiger partial charge in [-0.3, -0.25) is 0 Å². The summed E-state index contributed by atoms with van der Waals surface area (Å²) in [6.07, 6.45) is 0. The molecule has 4 nitrogen and oxygen atoms in total. The molecule has 125 valence electrons. The van der Waals surface area contributed by atoms with Crippen molar-refractivity contribution in [1.29, 1.82) is 0 Å². The number of thiophene rings is 1. The molecule has 3 aromatic heterocycles. The molecule has 0 spiro atoms. The molecule has 1 aromatic carbocycles. The molecule has 0 bridgehead atoms. The fourth-order valence-corrected chi connectivity index (χ4v) is 3.99. The van der Waals surface area contributed by atoms with Crippen LogP contribution in [-0.4, -0.2) is 15.2 Å². The number of nitrogens with zero attached hydrogens (tertiary/aromatic N) is 3. The summed E-state index contributed by atoms with van der Waals surface area (Å²) in [5.41, 5.74) is 4.71. The van der Waals surface area contributed by atoms with E-state index in [1.165, 1.54) is 29.0 Å². The third-order valence-electron chi connectivity index (χ3n) is 4.43. The summed E-state index contributed by atoms with van der Waals surface area (Å²) in [6.45, 7) is 10.3. The van der Waals surface area contributed by atoms with Gasteiger partial charge in [0.25, 0.3) is 5.89 Å². The number of benzene rings is 1. The zero-order chi connectivity index (χ0) is 17.7. The van der Waals surface area contributed by atoms with Crippen LogP contribution in [0.25, 0.3) is 32.4 Å². The van der Waals surface area contributed by atoms with Crippen LogP contribution in [0.3, 0.4) is 0 Å². The Bertz CT molecular complexity index is 1110. The van der Waals surface area contributed by atoms with Gasteiger partial charge in [-0.05, 0) is 62.6 Å². The Labute approximate surface area is 148 Å². The van der Waals surface area contributed by atoms with Crippen LogP contribution in [0.2, 0.25) is 0 Å². The highest BCUT2D eigenvalue weighted by Crippen LogP contribution is 2.39. The van der Waals surface area contributed by atoms with Gasteiger partial charge in [-0.1, -0.05) is 6.07 Å². The summed E-state index contributed by atoms with van der Waals surface area (Å²) < 4.78 is 19.2. The summed E-state index contributed by atoms with van der Waals surface area (Å²) in [6, 6.07) is 6.08. The van der Waals surface area contributed by atoms with Crippen LogP contribution >= 0.6 is 11.3 Å². The summed E-state index contributed by atoms with van der Waals surface area (Å²) in [7, 11) is 0. The molecule has 0 atom stereocenters. The van der Waals surface area contributed by atoms with Gasteiger partial charge in [0.1, 0.15) is 10.6 Å². The minimum absolute atomic E-state index is 0.281. The number of hydrogen-bond acceptors (Lipinski definition) is 5. The lowest BCUT2D eigenvalue weighted by Crippen LogP contribution is -1.91. The van der Waals surface area contributed by atoms with E-state index >= 15 is 0 Å². The number of hydrogen-bond donors (Lipinski definition) is 0. The van der Waals surface area contributed by atoms with E-state index in [1.54, 1.807) is 12.1 Å². The van der Waals surface area contributed by atoms with Gasteiger partial charge < -0.3 is 4.42 Å². The molecule has 25 heavy (non-hydrogen) atoms. The Kier molecular flexibility index (Phi) is 3.65. The molecule has 0 aliphatic heterocycles. The van der Waals surface area contributed by atoms with Crippen molar-refractivity contribution in [3.8, 4) is 22.2 Å². The molecule has 3 heterocycles. The summed E-state index contributed by atoms with van der Waals surface area (Å²) in [5.74, 6) is 0.313. The van der Waals surface area contributed by atoms with Crippen LogP contribution in [-0.2, 0) is 0 Å². The molecule has 4 rings (SSSR count). The van der Waals surface area contributed by atoms with Crippen molar-refractivity contribution in [3.05, 3.63) is 59.4 Å². The van der Waals surface area contributed by atoms with Gasteiger partial charge in [0, 0.05) is 16.6 Å². The topological polar surface area (TPSA) is 51.8 Å². The lowest BCUT2D eigenvalue weighted by atomic mass is 10.0. The van der Waals surface area contributed by atoms with E-state index in [4.69, 9.17) is 4.42 Å². The highest BCUT2D eigenvalue weighted by Gasteiger charge is 2.20. The molecular weight excluding hydrogens is 337 g/mol. The second-order valence-corrected chi connectivity index (χ2v) is 6.96. The lowest BCUT2D eigenvalue weighted by Gasteiger charge is -2.05. The van der Waals surface area contributed by atoms with Crippen molar-refractivity contribution >= 4 is 21.6 Å². The van der Waals surface area contributed by atoms with Crippen molar-refractivity contribution in [3.63, 3.8) is 0 Å². The van der Waals surface area contributed by atoms with E-state index in [0.29, 0.717) is 11.5 Å². The molecule has 0 saturated carbocycles. The van der Waals surface area contributed by atoms with E-state index in [9.17, 15) is 4.39 Å². The molecule has 0 aliphatic rings. The van der Waals surface area contributed by atoms with E-state index in [2.05, 4.69) is 36.0 Å². The molecule has 0 fully saturated rings. The number of rotatable bonds is 2. The Hall–Kier alpha value is -2.60. The van der Waals surface area contributed by atoms with E-state index in [0.717, 1.165) is 31.9 Å². The highest BCUT2D eigenvalue weighted by molar-refractivity contribution is 7.22. The maximum Gasteiger partial charge on any atom is 0.258 e. The van der Waals surface area contributed by atoms with Gasteiger partial charge in [0.15, 0.2) is 0 Å². The fourth-order valence-electron chi connectivity index (χ4n) is 2.84. The quantitative estimate of drug-likeness (QED) is 0.494. The second kappa shape index (κ2) is 5.74. The Balaban J connectivity index is 1.86. The first-order chi connectivity index (χ1) is 12.0. The maximum absolute atomic E-state index is 13.4. The SMILES string of the molecule is [CH2]c1c(-c2nnc(-c3cccc(F)c3)o2)sc2nc(C)c(C)c(C)c12. The molecule has 0 unspecified atom stereocenters. The zero-order valence-corrected chi connectivity index (χ0v) is 14.9. The molecule has 6 heteroatoms. The number of aromatic nitrogens is 3. The maximum atomic E-state index is 13.4. The Morgan fingerprint density at radius 2 is 1.84 bits per heavy atom. The molecule has 0 saturated heterocycles. The first-order valence-electron chi connectivity index (χ1n) is 7.77. The Morgan fingerprint density at radius 1 is 1.08 bits per heavy atom. The van der Waals surface area contributed by atoms with E-state index < -0.39 is 0 Å². The standard InChI is InChI=1S/C19H15FN3OS/c1-9-10(2)15-11(3)16(25-19(15)21-12(9)4)18-23-22-17(24-18)13-6-5-7-14(20)8-13/h5-8H,3H2,1-2,4H3. The van der Waals surface area contributed by atoms with E-state index in [-0.39, 0.29) is 11.7 Å². The van der Waals surface area contributed by atoms with Crippen molar-refractivity contribution < 1.29 is 8.81 Å². The van der Waals surface area contributed by atoms with Crippen molar-refractivity contribution in [1.82, 2.24) is 15.2 Å². The summed E-state index contributed by atoms with van der Waals surface area (Å²) >= 11 is 1.48. The molecule has 1 radical (unpaired) electrons.